The number of aromatic nitrogens is 2. The van der Waals surface area contributed by atoms with Crippen LogP contribution in [0, 0.1) is 0 Å². The van der Waals surface area contributed by atoms with Gasteiger partial charge in [0.1, 0.15) is 5.82 Å². The molecule has 3 nitrogen and oxygen atoms in total. The molecule has 0 spiro atoms. The largest absolute Gasteiger partial charge is 0.334 e. The van der Waals surface area contributed by atoms with E-state index in [4.69, 9.17) is 0 Å². The van der Waals surface area contributed by atoms with E-state index in [9.17, 15) is 0 Å². The molecule has 19 heavy (non-hydrogen) atoms. The van der Waals surface area contributed by atoms with E-state index in [1.165, 1.54) is 10.5 Å². The molecule has 2 aromatic rings. The van der Waals surface area contributed by atoms with Crippen molar-refractivity contribution in [2.75, 3.05) is 12.8 Å². The van der Waals surface area contributed by atoms with Crippen LogP contribution in [0.15, 0.2) is 41.6 Å². The zero-order valence-corrected chi connectivity index (χ0v) is 12.6. The van der Waals surface area contributed by atoms with Gasteiger partial charge in [-0.05, 0) is 37.4 Å². The van der Waals surface area contributed by atoms with Gasteiger partial charge in [0.2, 0.25) is 0 Å². The van der Waals surface area contributed by atoms with Crippen LogP contribution in [0.25, 0.3) is 0 Å². The monoisotopic (exact) mass is 275 g/mol. The highest BCUT2D eigenvalue weighted by atomic mass is 32.2. The molecule has 1 unspecified atom stereocenters. The molecule has 0 bridgehead atoms. The van der Waals surface area contributed by atoms with Crippen LogP contribution in [0.1, 0.15) is 31.3 Å². The maximum Gasteiger partial charge on any atom is 0.130 e. The Bertz CT molecular complexity index is 504. The Morgan fingerprint density at radius 1 is 1.26 bits per heavy atom. The number of imidazole rings is 1. The molecular weight excluding hydrogens is 254 g/mol. The molecule has 0 fully saturated rings. The summed E-state index contributed by atoms with van der Waals surface area (Å²) in [4.78, 5) is 5.81. The van der Waals surface area contributed by atoms with Crippen LogP contribution >= 0.6 is 11.8 Å². The van der Waals surface area contributed by atoms with E-state index in [1.807, 2.05) is 31.2 Å². The standard InChI is InChI=1S/C15H21N3S/c1-4-18-11-10-17-15(18)14(16-3)12-6-8-13(9-7-12)19-5-2/h6-11,14,16H,4-5H2,1-3H3. The Balaban J connectivity index is 2.26. The van der Waals surface area contributed by atoms with Gasteiger partial charge in [-0.2, -0.15) is 0 Å². The van der Waals surface area contributed by atoms with Crippen LogP contribution in [0.3, 0.4) is 0 Å². The Morgan fingerprint density at radius 2 is 2.00 bits per heavy atom. The average molecular weight is 275 g/mol. The van der Waals surface area contributed by atoms with Crippen molar-refractivity contribution in [3.63, 3.8) is 0 Å². The van der Waals surface area contributed by atoms with Crippen molar-refractivity contribution in [1.29, 1.82) is 0 Å². The summed E-state index contributed by atoms with van der Waals surface area (Å²) >= 11 is 1.87. The topological polar surface area (TPSA) is 29.9 Å². The Hall–Kier alpha value is -1.26. The van der Waals surface area contributed by atoms with E-state index in [0.29, 0.717) is 0 Å². The van der Waals surface area contributed by atoms with Gasteiger partial charge in [-0.3, -0.25) is 0 Å². The summed E-state index contributed by atoms with van der Waals surface area (Å²) < 4.78 is 2.18. The van der Waals surface area contributed by atoms with Crippen LogP contribution in [0.2, 0.25) is 0 Å². The van der Waals surface area contributed by atoms with Gasteiger partial charge in [0.25, 0.3) is 0 Å². The van der Waals surface area contributed by atoms with Gasteiger partial charge in [0.15, 0.2) is 0 Å². The first-order chi connectivity index (χ1) is 9.30. The molecule has 1 aromatic carbocycles. The molecule has 0 saturated heterocycles. The highest BCUT2D eigenvalue weighted by Crippen LogP contribution is 2.24. The summed E-state index contributed by atoms with van der Waals surface area (Å²) in [5.41, 5.74) is 1.25. The number of aryl methyl sites for hydroxylation is 1. The van der Waals surface area contributed by atoms with E-state index in [-0.39, 0.29) is 6.04 Å². The lowest BCUT2D eigenvalue weighted by Gasteiger charge is -2.17. The third-order valence-corrected chi connectivity index (χ3v) is 4.05. The molecule has 1 heterocycles. The number of hydrogen-bond donors (Lipinski definition) is 1. The third kappa shape index (κ3) is 3.19. The average Bonchev–Trinajstić information content (AvgIpc) is 2.90. The van der Waals surface area contributed by atoms with Crippen LogP contribution in [-0.2, 0) is 6.54 Å². The lowest BCUT2D eigenvalue weighted by Crippen LogP contribution is -2.21. The summed E-state index contributed by atoms with van der Waals surface area (Å²) in [6.45, 7) is 5.25. The molecule has 4 heteroatoms. The van der Waals surface area contributed by atoms with E-state index in [1.54, 1.807) is 0 Å². The third-order valence-electron chi connectivity index (χ3n) is 3.16. The predicted molar refractivity (Wildman–Crippen MR) is 81.6 cm³/mol. The van der Waals surface area contributed by atoms with E-state index in [0.717, 1.165) is 18.1 Å². The molecule has 0 aliphatic rings. The van der Waals surface area contributed by atoms with Crippen molar-refractivity contribution in [1.82, 2.24) is 14.9 Å². The minimum Gasteiger partial charge on any atom is -0.334 e. The minimum absolute atomic E-state index is 0.149. The van der Waals surface area contributed by atoms with E-state index >= 15 is 0 Å². The Labute approximate surface area is 119 Å². The number of rotatable bonds is 6. The fourth-order valence-electron chi connectivity index (χ4n) is 2.22. The maximum absolute atomic E-state index is 4.49. The minimum atomic E-state index is 0.149. The summed E-state index contributed by atoms with van der Waals surface area (Å²) in [6, 6.07) is 8.90. The van der Waals surface area contributed by atoms with Crippen LogP contribution in [0.4, 0.5) is 0 Å². The van der Waals surface area contributed by atoms with Gasteiger partial charge in [-0.1, -0.05) is 19.1 Å². The molecule has 1 N–H and O–H groups in total. The SMILES string of the molecule is CCSc1ccc(C(NC)c2nccn2CC)cc1. The number of nitrogens with zero attached hydrogens (tertiary/aromatic N) is 2. The number of benzene rings is 1. The smallest absolute Gasteiger partial charge is 0.130 e. The highest BCUT2D eigenvalue weighted by molar-refractivity contribution is 7.99. The van der Waals surface area contributed by atoms with Crippen LogP contribution in [-0.4, -0.2) is 22.4 Å². The fourth-order valence-corrected chi connectivity index (χ4v) is 2.88. The van der Waals surface area contributed by atoms with E-state index < -0.39 is 0 Å². The molecule has 0 aliphatic carbocycles. The lowest BCUT2D eigenvalue weighted by atomic mass is 10.1. The first kappa shape index (κ1) is 14.2. The quantitative estimate of drug-likeness (QED) is 0.820. The molecule has 102 valence electrons. The lowest BCUT2D eigenvalue weighted by molar-refractivity contribution is 0.590. The van der Waals surface area contributed by atoms with Gasteiger partial charge in [0.05, 0.1) is 6.04 Å². The van der Waals surface area contributed by atoms with Gasteiger partial charge < -0.3 is 9.88 Å². The maximum atomic E-state index is 4.49. The number of hydrogen-bond acceptors (Lipinski definition) is 3. The normalized spacial score (nSPS) is 12.6. The van der Waals surface area contributed by atoms with Gasteiger partial charge in [0, 0.05) is 23.8 Å². The molecule has 2 rings (SSSR count). The number of thioether (sulfide) groups is 1. The predicted octanol–water partition coefficient (Wildman–Crippen LogP) is 3.32. The second-order valence-corrected chi connectivity index (χ2v) is 5.63. The van der Waals surface area contributed by atoms with Crippen molar-refractivity contribution in [2.45, 2.75) is 31.3 Å². The first-order valence-corrected chi connectivity index (χ1v) is 7.69. The Kier molecular flexibility index (Phi) is 5.05. The van der Waals surface area contributed by atoms with Gasteiger partial charge in [-0.15, -0.1) is 11.8 Å². The Morgan fingerprint density at radius 3 is 2.58 bits per heavy atom. The zero-order valence-electron chi connectivity index (χ0n) is 11.8. The second kappa shape index (κ2) is 6.78. The van der Waals surface area contributed by atoms with Crippen molar-refractivity contribution < 1.29 is 0 Å². The van der Waals surface area contributed by atoms with Crippen LogP contribution in [0.5, 0.6) is 0 Å². The van der Waals surface area contributed by atoms with Crippen LogP contribution < -0.4 is 5.32 Å². The van der Waals surface area contributed by atoms with E-state index in [2.05, 4.69) is 53.0 Å². The second-order valence-electron chi connectivity index (χ2n) is 4.30. The molecular formula is C15H21N3S. The molecule has 0 radical (unpaired) electrons. The number of nitrogens with one attached hydrogen (secondary N) is 1. The van der Waals surface area contributed by atoms with Gasteiger partial charge in [-0.25, -0.2) is 4.98 Å². The highest BCUT2D eigenvalue weighted by Gasteiger charge is 2.16. The molecule has 0 aliphatic heterocycles. The summed E-state index contributed by atoms with van der Waals surface area (Å²) in [5, 5.41) is 3.36. The van der Waals surface area contributed by atoms with Crippen molar-refractivity contribution in [3.8, 4) is 0 Å². The van der Waals surface area contributed by atoms with Crippen molar-refractivity contribution in [2.24, 2.45) is 0 Å². The zero-order chi connectivity index (χ0) is 13.7. The summed E-state index contributed by atoms with van der Waals surface area (Å²) in [6.07, 6.45) is 3.89. The van der Waals surface area contributed by atoms with Crippen molar-refractivity contribution in [3.05, 3.63) is 48.0 Å². The molecule has 0 saturated carbocycles. The summed E-state index contributed by atoms with van der Waals surface area (Å²) in [5.74, 6) is 2.18. The fraction of sp³-hybridized carbons (Fsp3) is 0.400. The molecule has 1 aromatic heterocycles. The van der Waals surface area contributed by atoms with Gasteiger partial charge >= 0.3 is 0 Å². The molecule has 0 amide bonds. The first-order valence-electron chi connectivity index (χ1n) is 6.71. The summed E-state index contributed by atoms with van der Waals surface area (Å²) in [7, 11) is 1.98. The van der Waals surface area contributed by atoms with Crippen molar-refractivity contribution >= 4 is 11.8 Å². The molecule has 1 atom stereocenters.